The fourth-order valence-corrected chi connectivity index (χ4v) is 1.48. The van der Waals surface area contributed by atoms with Crippen molar-refractivity contribution in [1.29, 1.82) is 5.26 Å². The van der Waals surface area contributed by atoms with Gasteiger partial charge in [0.1, 0.15) is 6.04 Å². The van der Waals surface area contributed by atoms with E-state index in [1.807, 2.05) is 6.92 Å². The maximum Gasteiger partial charge on any atom is 0.110 e. The summed E-state index contributed by atoms with van der Waals surface area (Å²) in [5.41, 5.74) is 1.19. The predicted molar refractivity (Wildman–Crippen MR) is 53.3 cm³/mol. The lowest BCUT2D eigenvalue weighted by atomic mass is 10.1. The van der Waals surface area contributed by atoms with E-state index in [2.05, 4.69) is 22.9 Å². The van der Waals surface area contributed by atoms with Crippen LogP contribution < -0.4 is 5.32 Å². The van der Waals surface area contributed by atoms with Crippen molar-refractivity contribution in [1.82, 2.24) is 10.2 Å². The van der Waals surface area contributed by atoms with E-state index in [9.17, 15) is 0 Å². The summed E-state index contributed by atoms with van der Waals surface area (Å²) in [7, 11) is 0. The molecule has 13 heavy (non-hydrogen) atoms. The Morgan fingerprint density at radius 3 is 3.15 bits per heavy atom. The monoisotopic (exact) mass is 179 g/mol. The number of rotatable bonds is 3. The van der Waals surface area contributed by atoms with Gasteiger partial charge >= 0.3 is 0 Å². The van der Waals surface area contributed by atoms with Gasteiger partial charge in [-0.2, -0.15) is 5.26 Å². The summed E-state index contributed by atoms with van der Waals surface area (Å²) in [6.07, 6.45) is 0.998. The molecular formula is C10H17N3. The molecule has 1 atom stereocenters. The molecule has 0 radical (unpaired) electrons. The third kappa shape index (κ3) is 3.17. The minimum absolute atomic E-state index is 0.0492. The Balaban J connectivity index is 2.37. The van der Waals surface area contributed by atoms with Gasteiger partial charge in [0.05, 0.1) is 6.07 Å². The topological polar surface area (TPSA) is 39.1 Å². The van der Waals surface area contributed by atoms with Gasteiger partial charge in [-0.05, 0) is 13.3 Å². The number of hydrogen-bond donors (Lipinski definition) is 1. The Labute approximate surface area is 80.0 Å². The molecular weight excluding hydrogens is 162 g/mol. The second-order valence-electron chi connectivity index (χ2n) is 3.59. The lowest BCUT2D eigenvalue weighted by molar-refractivity contribution is 0.200. The first kappa shape index (κ1) is 10.2. The summed E-state index contributed by atoms with van der Waals surface area (Å²) in [4.78, 5) is 2.23. The number of nitrogens with one attached hydrogen (secondary N) is 1. The van der Waals surface area contributed by atoms with Crippen molar-refractivity contribution in [3.05, 3.63) is 12.2 Å². The van der Waals surface area contributed by atoms with Crippen molar-refractivity contribution in [3.8, 4) is 6.07 Å². The van der Waals surface area contributed by atoms with Crippen molar-refractivity contribution < 1.29 is 0 Å². The molecule has 1 N–H and O–H groups in total. The normalized spacial score (nSPS) is 23.8. The summed E-state index contributed by atoms with van der Waals surface area (Å²) in [5.74, 6) is 0. The van der Waals surface area contributed by atoms with Crippen LogP contribution in [0.15, 0.2) is 12.2 Å². The lowest BCUT2D eigenvalue weighted by Crippen LogP contribution is -2.50. The van der Waals surface area contributed by atoms with E-state index >= 15 is 0 Å². The summed E-state index contributed by atoms with van der Waals surface area (Å²) in [6, 6.07) is 2.36. The number of piperazine rings is 1. The Morgan fingerprint density at radius 2 is 2.54 bits per heavy atom. The second kappa shape index (κ2) is 5.00. The van der Waals surface area contributed by atoms with Crippen molar-refractivity contribution >= 4 is 0 Å². The Hall–Kier alpha value is -0.850. The van der Waals surface area contributed by atoms with Gasteiger partial charge in [-0.15, -0.1) is 6.58 Å². The third-order valence-electron chi connectivity index (χ3n) is 2.33. The molecule has 0 bridgehead atoms. The standard InChI is InChI=1S/C10H17N3/c1-9(2)3-5-13-6-4-12-8-10(13)7-11/h10,12H,1,3-6,8H2,2H3. The molecule has 3 heteroatoms. The third-order valence-corrected chi connectivity index (χ3v) is 2.33. The first-order valence-corrected chi connectivity index (χ1v) is 4.73. The second-order valence-corrected chi connectivity index (χ2v) is 3.59. The smallest absolute Gasteiger partial charge is 0.110 e. The van der Waals surface area contributed by atoms with E-state index in [1.54, 1.807) is 0 Å². The van der Waals surface area contributed by atoms with Gasteiger partial charge < -0.3 is 5.32 Å². The highest BCUT2D eigenvalue weighted by atomic mass is 15.2. The molecule has 0 spiro atoms. The van der Waals surface area contributed by atoms with Crippen LogP contribution in [0.1, 0.15) is 13.3 Å². The molecule has 0 saturated carbocycles. The molecule has 0 aliphatic carbocycles. The van der Waals surface area contributed by atoms with Gasteiger partial charge in [-0.1, -0.05) is 5.57 Å². The van der Waals surface area contributed by atoms with Crippen LogP contribution in [0.5, 0.6) is 0 Å². The molecule has 1 saturated heterocycles. The fraction of sp³-hybridized carbons (Fsp3) is 0.700. The van der Waals surface area contributed by atoms with Gasteiger partial charge in [-0.3, -0.25) is 4.90 Å². The van der Waals surface area contributed by atoms with Crippen molar-refractivity contribution in [2.75, 3.05) is 26.2 Å². The van der Waals surface area contributed by atoms with Crippen molar-refractivity contribution in [2.45, 2.75) is 19.4 Å². The van der Waals surface area contributed by atoms with Crippen LogP contribution >= 0.6 is 0 Å². The van der Waals surface area contributed by atoms with Gasteiger partial charge in [0, 0.05) is 26.2 Å². The molecule has 1 rings (SSSR count). The zero-order valence-corrected chi connectivity index (χ0v) is 8.21. The molecule has 0 aromatic rings. The SMILES string of the molecule is C=C(C)CCN1CCNCC1C#N. The summed E-state index contributed by atoms with van der Waals surface area (Å²) < 4.78 is 0. The van der Waals surface area contributed by atoms with Crippen LogP contribution in [-0.2, 0) is 0 Å². The van der Waals surface area contributed by atoms with Gasteiger partial charge in [0.25, 0.3) is 0 Å². The average Bonchev–Trinajstić information content (AvgIpc) is 2.15. The summed E-state index contributed by atoms with van der Waals surface area (Å²) in [6.45, 7) is 9.63. The van der Waals surface area contributed by atoms with E-state index in [4.69, 9.17) is 5.26 Å². The maximum atomic E-state index is 8.87. The van der Waals surface area contributed by atoms with Crippen LogP contribution in [0.4, 0.5) is 0 Å². The molecule has 0 amide bonds. The Bertz CT molecular complexity index is 217. The van der Waals surface area contributed by atoms with Crippen LogP contribution in [-0.4, -0.2) is 37.1 Å². The Kier molecular flexibility index (Phi) is 3.94. The molecule has 0 aromatic carbocycles. The van der Waals surface area contributed by atoms with Crippen LogP contribution in [0.25, 0.3) is 0 Å². The van der Waals surface area contributed by atoms with E-state index in [-0.39, 0.29) is 6.04 Å². The fourth-order valence-electron chi connectivity index (χ4n) is 1.48. The maximum absolute atomic E-state index is 8.87. The van der Waals surface area contributed by atoms with Crippen LogP contribution in [0.3, 0.4) is 0 Å². The number of nitrogens with zero attached hydrogens (tertiary/aromatic N) is 2. The van der Waals surface area contributed by atoms with E-state index in [1.165, 1.54) is 5.57 Å². The highest BCUT2D eigenvalue weighted by Gasteiger charge is 2.20. The van der Waals surface area contributed by atoms with E-state index in [0.717, 1.165) is 32.6 Å². The zero-order valence-electron chi connectivity index (χ0n) is 8.21. The number of nitriles is 1. The van der Waals surface area contributed by atoms with Crippen LogP contribution in [0.2, 0.25) is 0 Å². The molecule has 72 valence electrons. The van der Waals surface area contributed by atoms with E-state index < -0.39 is 0 Å². The summed E-state index contributed by atoms with van der Waals surface area (Å²) >= 11 is 0. The van der Waals surface area contributed by atoms with Crippen LogP contribution in [0, 0.1) is 11.3 Å². The van der Waals surface area contributed by atoms with E-state index in [0.29, 0.717) is 0 Å². The largest absolute Gasteiger partial charge is 0.313 e. The van der Waals surface area contributed by atoms with Crippen molar-refractivity contribution in [2.24, 2.45) is 0 Å². The quantitative estimate of drug-likeness (QED) is 0.650. The highest BCUT2D eigenvalue weighted by molar-refractivity contribution is 4.98. The molecule has 1 aliphatic rings. The molecule has 1 unspecified atom stereocenters. The average molecular weight is 179 g/mol. The minimum Gasteiger partial charge on any atom is -0.313 e. The molecule has 1 fully saturated rings. The molecule has 1 heterocycles. The predicted octanol–water partition coefficient (Wildman–Crippen LogP) is 0.750. The molecule has 3 nitrogen and oxygen atoms in total. The van der Waals surface area contributed by atoms with Crippen molar-refractivity contribution in [3.63, 3.8) is 0 Å². The minimum atomic E-state index is 0.0492. The van der Waals surface area contributed by atoms with Gasteiger partial charge in [-0.25, -0.2) is 0 Å². The van der Waals surface area contributed by atoms with Gasteiger partial charge in [0.15, 0.2) is 0 Å². The molecule has 0 aromatic heterocycles. The first-order valence-electron chi connectivity index (χ1n) is 4.73. The zero-order chi connectivity index (χ0) is 9.68. The lowest BCUT2D eigenvalue weighted by Gasteiger charge is -2.31. The number of hydrogen-bond acceptors (Lipinski definition) is 3. The molecule has 1 aliphatic heterocycles. The first-order chi connectivity index (χ1) is 6.24. The summed E-state index contributed by atoms with van der Waals surface area (Å²) in [5, 5.41) is 12.1. The highest BCUT2D eigenvalue weighted by Crippen LogP contribution is 2.05. The van der Waals surface area contributed by atoms with Gasteiger partial charge in [0.2, 0.25) is 0 Å². The Morgan fingerprint density at radius 1 is 1.77 bits per heavy atom.